The smallest absolute Gasteiger partial charge is 0.130 e. The van der Waals surface area contributed by atoms with E-state index in [2.05, 4.69) is 5.10 Å². The van der Waals surface area contributed by atoms with Gasteiger partial charge in [-0.05, 0) is 31.2 Å². The van der Waals surface area contributed by atoms with Gasteiger partial charge in [0.05, 0.1) is 11.4 Å². The van der Waals surface area contributed by atoms with Crippen molar-refractivity contribution in [2.45, 2.75) is 12.5 Å². The van der Waals surface area contributed by atoms with E-state index in [1.807, 2.05) is 48.5 Å². The Hall–Kier alpha value is -2.10. The van der Waals surface area contributed by atoms with Gasteiger partial charge in [-0.15, -0.1) is 0 Å². The second kappa shape index (κ2) is 5.35. The lowest BCUT2D eigenvalue weighted by molar-refractivity contribution is 0.0947. The Labute approximate surface area is 128 Å². The van der Waals surface area contributed by atoms with E-state index in [1.165, 1.54) is 0 Å². The lowest BCUT2D eigenvalue weighted by Gasteiger charge is -2.26. The quantitative estimate of drug-likeness (QED) is 0.799. The highest BCUT2D eigenvalue weighted by Crippen LogP contribution is 2.34. The zero-order chi connectivity index (χ0) is 14.9. The van der Waals surface area contributed by atoms with E-state index in [0.717, 1.165) is 5.69 Å². The van der Waals surface area contributed by atoms with Crippen LogP contribution in [0.3, 0.4) is 0 Å². The molecule has 0 fully saturated rings. The Balaban J connectivity index is 2.14. The average Bonchev–Trinajstić information content (AvgIpc) is 2.99. The van der Waals surface area contributed by atoms with Gasteiger partial charge < -0.3 is 5.11 Å². The van der Waals surface area contributed by atoms with E-state index in [9.17, 15) is 5.11 Å². The molecule has 1 heterocycles. The summed E-state index contributed by atoms with van der Waals surface area (Å²) < 4.78 is 1.73. The average molecular weight is 299 g/mol. The molecule has 1 N–H and O–H groups in total. The maximum Gasteiger partial charge on any atom is 0.130 e. The van der Waals surface area contributed by atoms with Gasteiger partial charge in [-0.25, -0.2) is 4.68 Å². The Kier molecular flexibility index (Phi) is 3.53. The third kappa shape index (κ3) is 2.46. The fourth-order valence-corrected chi connectivity index (χ4v) is 2.76. The van der Waals surface area contributed by atoms with Gasteiger partial charge in [0, 0.05) is 16.8 Å². The van der Waals surface area contributed by atoms with E-state index in [-0.39, 0.29) is 0 Å². The van der Waals surface area contributed by atoms with Crippen molar-refractivity contribution in [3.8, 4) is 5.69 Å². The number of aromatic nitrogens is 2. The number of halogens is 1. The van der Waals surface area contributed by atoms with E-state index >= 15 is 0 Å². The van der Waals surface area contributed by atoms with Gasteiger partial charge >= 0.3 is 0 Å². The number of hydrogen-bond acceptors (Lipinski definition) is 2. The summed E-state index contributed by atoms with van der Waals surface area (Å²) in [5, 5.41) is 15.9. The van der Waals surface area contributed by atoms with E-state index in [0.29, 0.717) is 16.3 Å². The fraction of sp³-hybridized carbons (Fsp3) is 0.118. The molecule has 0 saturated carbocycles. The second-order valence-electron chi connectivity index (χ2n) is 5.02. The fourth-order valence-electron chi connectivity index (χ4n) is 2.44. The van der Waals surface area contributed by atoms with Gasteiger partial charge in [-0.2, -0.15) is 5.10 Å². The van der Waals surface area contributed by atoms with Crippen LogP contribution >= 0.6 is 11.6 Å². The summed E-state index contributed by atoms with van der Waals surface area (Å²) in [6, 6.07) is 18.8. The van der Waals surface area contributed by atoms with Crippen LogP contribution in [0, 0.1) is 0 Å². The first-order valence-electron chi connectivity index (χ1n) is 6.68. The molecule has 21 heavy (non-hydrogen) atoms. The lowest BCUT2D eigenvalue weighted by Crippen LogP contribution is -2.26. The van der Waals surface area contributed by atoms with Crippen molar-refractivity contribution >= 4 is 11.6 Å². The van der Waals surface area contributed by atoms with Gasteiger partial charge in [0.25, 0.3) is 0 Å². The van der Waals surface area contributed by atoms with Crippen LogP contribution in [-0.4, -0.2) is 14.9 Å². The molecule has 3 rings (SSSR count). The molecule has 0 amide bonds. The molecule has 3 nitrogen and oxygen atoms in total. The Bertz CT molecular complexity index is 750. The van der Waals surface area contributed by atoms with Crippen LogP contribution < -0.4 is 0 Å². The molecule has 1 aromatic heterocycles. The number of rotatable bonds is 3. The van der Waals surface area contributed by atoms with Crippen molar-refractivity contribution in [2.24, 2.45) is 0 Å². The molecule has 3 aromatic rings. The first-order valence-corrected chi connectivity index (χ1v) is 7.06. The summed E-state index contributed by atoms with van der Waals surface area (Å²) in [5.41, 5.74) is 0.987. The lowest BCUT2D eigenvalue weighted by atomic mass is 9.92. The predicted octanol–water partition coefficient (Wildman–Crippen LogP) is 3.78. The molecular formula is C17H15ClN2O. The standard InChI is InChI=1S/C17H15ClN2O/c1-17(21,14-9-5-6-10-15(14)18)16-11-12-19-20(16)13-7-3-2-4-8-13/h2-12,21H,1H3. The number of nitrogens with zero attached hydrogens (tertiary/aromatic N) is 2. The Morgan fingerprint density at radius 3 is 2.38 bits per heavy atom. The summed E-state index contributed by atoms with van der Waals surface area (Å²) in [6.07, 6.45) is 1.67. The number of para-hydroxylation sites is 1. The molecule has 0 spiro atoms. The summed E-state index contributed by atoms with van der Waals surface area (Å²) in [4.78, 5) is 0. The minimum Gasteiger partial charge on any atom is -0.379 e. The number of benzene rings is 2. The molecule has 2 aromatic carbocycles. The third-order valence-corrected chi connectivity index (χ3v) is 3.87. The first-order chi connectivity index (χ1) is 10.1. The third-order valence-electron chi connectivity index (χ3n) is 3.54. The molecule has 0 aliphatic rings. The summed E-state index contributed by atoms with van der Waals surface area (Å²) in [7, 11) is 0. The largest absolute Gasteiger partial charge is 0.379 e. The van der Waals surface area contributed by atoms with Crippen LogP contribution in [0.4, 0.5) is 0 Å². The minimum atomic E-state index is -1.23. The summed E-state index contributed by atoms with van der Waals surface area (Å²) in [6.45, 7) is 1.73. The van der Waals surface area contributed by atoms with Gasteiger partial charge in [0.1, 0.15) is 5.60 Å². The molecule has 106 valence electrons. The van der Waals surface area contributed by atoms with Crippen molar-refractivity contribution in [3.05, 3.63) is 83.1 Å². The zero-order valence-corrected chi connectivity index (χ0v) is 12.3. The van der Waals surface area contributed by atoms with Crippen molar-refractivity contribution in [1.82, 2.24) is 9.78 Å². The Morgan fingerprint density at radius 1 is 1.00 bits per heavy atom. The van der Waals surface area contributed by atoms with Gasteiger partial charge in [-0.3, -0.25) is 0 Å². The maximum atomic E-state index is 11.0. The molecule has 4 heteroatoms. The van der Waals surface area contributed by atoms with Crippen molar-refractivity contribution in [2.75, 3.05) is 0 Å². The number of hydrogen-bond donors (Lipinski definition) is 1. The second-order valence-corrected chi connectivity index (χ2v) is 5.42. The van der Waals surface area contributed by atoms with E-state index in [4.69, 9.17) is 11.6 Å². The van der Waals surface area contributed by atoms with Gasteiger partial charge in [0.15, 0.2) is 0 Å². The molecular weight excluding hydrogens is 284 g/mol. The molecule has 0 radical (unpaired) electrons. The van der Waals surface area contributed by atoms with Crippen molar-refractivity contribution in [3.63, 3.8) is 0 Å². The van der Waals surface area contributed by atoms with Gasteiger partial charge in [0.2, 0.25) is 0 Å². The highest BCUT2D eigenvalue weighted by atomic mass is 35.5. The highest BCUT2D eigenvalue weighted by Gasteiger charge is 2.31. The zero-order valence-electron chi connectivity index (χ0n) is 11.6. The molecule has 1 unspecified atom stereocenters. The minimum absolute atomic E-state index is 0.531. The van der Waals surface area contributed by atoms with Crippen molar-refractivity contribution < 1.29 is 5.11 Å². The summed E-state index contributed by atoms with van der Waals surface area (Å²) in [5.74, 6) is 0. The predicted molar refractivity (Wildman–Crippen MR) is 83.7 cm³/mol. The van der Waals surface area contributed by atoms with Crippen LogP contribution in [0.25, 0.3) is 5.69 Å². The van der Waals surface area contributed by atoms with Crippen LogP contribution in [0.2, 0.25) is 5.02 Å². The van der Waals surface area contributed by atoms with E-state index < -0.39 is 5.60 Å². The first kappa shape index (κ1) is 13.9. The van der Waals surface area contributed by atoms with Crippen LogP contribution in [-0.2, 0) is 5.60 Å². The molecule has 0 aliphatic carbocycles. The van der Waals surface area contributed by atoms with Crippen LogP contribution in [0.15, 0.2) is 66.9 Å². The molecule has 0 saturated heterocycles. The normalized spacial score (nSPS) is 13.9. The highest BCUT2D eigenvalue weighted by molar-refractivity contribution is 6.31. The van der Waals surface area contributed by atoms with Crippen molar-refractivity contribution in [1.29, 1.82) is 0 Å². The van der Waals surface area contributed by atoms with Crippen LogP contribution in [0.1, 0.15) is 18.2 Å². The maximum absolute atomic E-state index is 11.0. The van der Waals surface area contributed by atoms with Crippen LogP contribution in [0.5, 0.6) is 0 Å². The molecule has 1 atom stereocenters. The Morgan fingerprint density at radius 2 is 1.67 bits per heavy atom. The van der Waals surface area contributed by atoms with Gasteiger partial charge in [-0.1, -0.05) is 48.0 Å². The van der Waals surface area contributed by atoms with E-state index in [1.54, 1.807) is 29.9 Å². The summed E-state index contributed by atoms with van der Waals surface area (Å²) >= 11 is 6.23. The number of aliphatic hydroxyl groups is 1. The monoisotopic (exact) mass is 298 g/mol. The molecule has 0 aliphatic heterocycles. The topological polar surface area (TPSA) is 38.1 Å². The SMILES string of the molecule is CC(O)(c1ccccc1Cl)c1ccnn1-c1ccccc1. The molecule has 0 bridgehead atoms.